The molecule has 112 valence electrons. The molecule has 0 saturated carbocycles. The van der Waals surface area contributed by atoms with Gasteiger partial charge in [0.15, 0.2) is 0 Å². The van der Waals surface area contributed by atoms with Gasteiger partial charge in [-0.2, -0.15) is 0 Å². The molecule has 0 fully saturated rings. The summed E-state index contributed by atoms with van der Waals surface area (Å²) in [7, 11) is 0. The molecule has 2 rings (SSSR count). The van der Waals surface area contributed by atoms with E-state index >= 15 is 0 Å². The van der Waals surface area contributed by atoms with Gasteiger partial charge in [-0.15, -0.1) is 0 Å². The highest BCUT2D eigenvalue weighted by molar-refractivity contribution is 5.47. The first-order valence-corrected chi connectivity index (χ1v) is 7.26. The van der Waals surface area contributed by atoms with Gasteiger partial charge < -0.3 is 5.32 Å². The number of hydrogen-bond acceptors (Lipinski definition) is 1. The van der Waals surface area contributed by atoms with Crippen LogP contribution in [0.4, 0.5) is 14.5 Å². The van der Waals surface area contributed by atoms with Crippen LogP contribution >= 0.6 is 0 Å². The van der Waals surface area contributed by atoms with Crippen molar-refractivity contribution in [1.82, 2.24) is 0 Å². The zero-order valence-electron chi connectivity index (χ0n) is 12.7. The van der Waals surface area contributed by atoms with Crippen molar-refractivity contribution in [2.75, 3.05) is 5.32 Å². The lowest BCUT2D eigenvalue weighted by Gasteiger charge is -2.17. The molecule has 2 aromatic rings. The Balaban J connectivity index is 2.07. The van der Waals surface area contributed by atoms with Gasteiger partial charge in [-0.05, 0) is 42.5 Å². The number of rotatable bonds is 5. The number of anilines is 1. The lowest BCUT2D eigenvalue weighted by Crippen LogP contribution is -2.08. The Bertz CT molecular complexity index is 591. The number of benzene rings is 2. The van der Waals surface area contributed by atoms with E-state index in [1.807, 2.05) is 6.92 Å². The Hall–Kier alpha value is -1.90. The Morgan fingerprint density at radius 3 is 2.19 bits per heavy atom. The van der Waals surface area contributed by atoms with E-state index in [4.69, 9.17) is 0 Å². The van der Waals surface area contributed by atoms with Gasteiger partial charge in [-0.3, -0.25) is 0 Å². The third kappa shape index (κ3) is 4.28. The topological polar surface area (TPSA) is 12.0 Å². The van der Waals surface area contributed by atoms with Crippen LogP contribution in [0.1, 0.15) is 37.9 Å². The van der Waals surface area contributed by atoms with Gasteiger partial charge in [0.25, 0.3) is 0 Å². The zero-order valence-corrected chi connectivity index (χ0v) is 12.7. The normalized spacial score (nSPS) is 12.5. The molecule has 1 nitrogen and oxygen atoms in total. The Kier molecular flexibility index (Phi) is 4.94. The third-order valence-electron chi connectivity index (χ3n) is 3.43. The standard InChI is InChI=1S/C18H21F2N/c1-12(2)10-14-4-6-15(7-5-14)13(3)21-18-9-8-16(19)11-17(18)20/h4-9,11-13,21H,10H2,1-3H3. The zero-order chi connectivity index (χ0) is 15.4. The molecule has 0 aromatic heterocycles. The highest BCUT2D eigenvalue weighted by atomic mass is 19.1. The van der Waals surface area contributed by atoms with Crippen LogP contribution in [0.3, 0.4) is 0 Å². The van der Waals surface area contributed by atoms with Crippen molar-refractivity contribution in [3.05, 3.63) is 65.2 Å². The summed E-state index contributed by atoms with van der Waals surface area (Å²) >= 11 is 0. The molecular formula is C18H21F2N. The van der Waals surface area contributed by atoms with Crippen molar-refractivity contribution in [2.45, 2.75) is 33.2 Å². The summed E-state index contributed by atoms with van der Waals surface area (Å²) in [6, 6.07) is 11.8. The second-order valence-corrected chi connectivity index (χ2v) is 5.83. The summed E-state index contributed by atoms with van der Waals surface area (Å²) in [5.41, 5.74) is 2.69. The van der Waals surface area contributed by atoms with Gasteiger partial charge in [0.1, 0.15) is 11.6 Å². The summed E-state index contributed by atoms with van der Waals surface area (Å²) in [5, 5.41) is 3.07. The van der Waals surface area contributed by atoms with E-state index in [0.717, 1.165) is 18.1 Å². The third-order valence-corrected chi connectivity index (χ3v) is 3.43. The average molecular weight is 289 g/mol. The average Bonchev–Trinajstić information content (AvgIpc) is 2.42. The molecular weight excluding hydrogens is 268 g/mol. The molecule has 1 unspecified atom stereocenters. The molecule has 2 aromatic carbocycles. The largest absolute Gasteiger partial charge is 0.376 e. The summed E-state index contributed by atoms with van der Waals surface area (Å²) in [5.74, 6) is -0.512. The van der Waals surface area contributed by atoms with E-state index < -0.39 is 11.6 Å². The molecule has 0 amide bonds. The first kappa shape index (κ1) is 15.5. The van der Waals surface area contributed by atoms with Crippen LogP contribution in [-0.2, 0) is 6.42 Å². The molecule has 0 aliphatic heterocycles. The number of nitrogens with one attached hydrogen (secondary N) is 1. The van der Waals surface area contributed by atoms with Crippen molar-refractivity contribution < 1.29 is 8.78 Å². The van der Waals surface area contributed by atoms with Crippen LogP contribution in [0.15, 0.2) is 42.5 Å². The van der Waals surface area contributed by atoms with Crippen molar-refractivity contribution in [3.8, 4) is 0 Å². The summed E-state index contributed by atoms with van der Waals surface area (Å²) in [4.78, 5) is 0. The van der Waals surface area contributed by atoms with E-state index in [9.17, 15) is 8.78 Å². The van der Waals surface area contributed by atoms with E-state index in [1.165, 1.54) is 17.7 Å². The molecule has 0 bridgehead atoms. The van der Waals surface area contributed by atoms with Gasteiger partial charge in [0.05, 0.1) is 5.69 Å². The van der Waals surface area contributed by atoms with Crippen LogP contribution in [-0.4, -0.2) is 0 Å². The van der Waals surface area contributed by atoms with Crippen molar-refractivity contribution >= 4 is 5.69 Å². The fourth-order valence-corrected chi connectivity index (χ4v) is 2.34. The molecule has 3 heteroatoms. The second kappa shape index (κ2) is 6.70. The Morgan fingerprint density at radius 2 is 1.62 bits per heavy atom. The fourth-order valence-electron chi connectivity index (χ4n) is 2.34. The molecule has 21 heavy (non-hydrogen) atoms. The first-order valence-electron chi connectivity index (χ1n) is 7.26. The van der Waals surface area contributed by atoms with Gasteiger partial charge in [0, 0.05) is 12.1 Å². The number of hydrogen-bond donors (Lipinski definition) is 1. The van der Waals surface area contributed by atoms with Crippen molar-refractivity contribution in [1.29, 1.82) is 0 Å². The monoisotopic (exact) mass is 289 g/mol. The van der Waals surface area contributed by atoms with Gasteiger partial charge in [0.2, 0.25) is 0 Å². The van der Waals surface area contributed by atoms with E-state index in [2.05, 4.69) is 43.4 Å². The highest BCUT2D eigenvalue weighted by Gasteiger charge is 2.09. The minimum Gasteiger partial charge on any atom is -0.376 e. The van der Waals surface area contributed by atoms with E-state index in [0.29, 0.717) is 11.6 Å². The van der Waals surface area contributed by atoms with Gasteiger partial charge in [-0.1, -0.05) is 38.1 Å². The predicted octanol–water partition coefficient (Wildman–Crippen LogP) is 5.34. The van der Waals surface area contributed by atoms with Crippen LogP contribution in [0.5, 0.6) is 0 Å². The van der Waals surface area contributed by atoms with E-state index in [-0.39, 0.29) is 6.04 Å². The van der Waals surface area contributed by atoms with Crippen LogP contribution in [0, 0.1) is 17.6 Å². The maximum atomic E-state index is 13.6. The summed E-state index contributed by atoms with van der Waals surface area (Å²) in [6.07, 6.45) is 1.05. The minimum absolute atomic E-state index is 0.0435. The lowest BCUT2D eigenvalue weighted by atomic mass is 10.00. The van der Waals surface area contributed by atoms with Crippen LogP contribution in [0.25, 0.3) is 0 Å². The molecule has 0 radical (unpaired) electrons. The molecule has 0 spiro atoms. The van der Waals surface area contributed by atoms with Crippen molar-refractivity contribution in [3.63, 3.8) is 0 Å². The molecule has 1 N–H and O–H groups in total. The van der Waals surface area contributed by atoms with Crippen LogP contribution < -0.4 is 5.32 Å². The molecule has 0 aliphatic rings. The molecule has 0 heterocycles. The summed E-state index contributed by atoms with van der Waals surface area (Å²) in [6.45, 7) is 6.34. The van der Waals surface area contributed by atoms with Crippen molar-refractivity contribution in [2.24, 2.45) is 5.92 Å². The maximum absolute atomic E-state index is 13.6. The summed E-state index contributed by atoms with van der Waals surface area (Å²) < 4.78 is 26.5. The lowest BCUT2D eigenvalue weighted by molar-refractivity contribution is 0.584. The van der Waals surface area contributed by atoms with Gasteiger partial charge in [-0.25, -0.2) is 8.78 Å². The number of halogens is 2. The molecule has 0 saturated heterocycles. The maximum Gasteiger partial charge on any atom is 0.149 e. The Labute approximate surface area is 125 Å². The second-order valence-electron chi connectivity index (χ2n) is 5.83. The minimum atomic E-state index is -0.571. The highest BCUT2D eigenvalue weighted by Crippen LogP contribution is 2.23. The molecule has 0 aliphatic carbocycles. The SMILES string of the molecule is CC(C)Cc1ccc(C(C)Nc2ccc(F)cc2F)cc1. The first-order chi connectivity index (χ1) is 9.95. The Morgan fingerprint density at radius 1 is 0.952 bits per heavy atom. The predicted molar refractivity (Wildman–Crippen MR) is 83.4 cm³/mol. The van der Waals surface area contributed by atoms with Crippen LogP contribution in [0.2, 0.25) is 0 Å². The quantitative estimate of drug-likeness (QED) is 0.783. The fraction of sp³-hybridized carbons (Fsp3) is 0.333. The van der Waals surface area contributed by atoms with Gasteiger partial charge >= 0.3 is 0 Å². The smallest absolute Gasteiger partial charge is 0.149 e. The molecule has 1 atom stereocenters. The van der Waals surface area contributed by atoms with E-state index in [1.54, 1.807) is 0 Å².